The Morgan fingerprint density at radius 3 is 2.48 bits per heavy atom. The molecule has 0 radical (unpaired) electrons. The predicted octanol–water partition coefficient (Wildman–Crippen LogP) is 3.85. The summed E-state index contributed by atoms with van der Waals surface area (Å²) in [5, 5.41) is 3.51. The van der Waals surface area contributed by atoms with Gasteiger partial charge >= 0.3 is 5.97 Å². The fourth-order valence-corrected chi connectivity index (χ4v) is 3.33. The Labute approximate surface area is 128 Å². The smallest absolute Gasteiger partial charge is 0.327 e. The summed E-state index contributed by atoms with van der Waals surface area (Å²) in [5.41, 5.74) is 0.986. The zero-order chi connectivity index (χ0) is 15.1. The van der Waals surface area contributed by atoms with Gasteiger partial charge in [-0.15, -0.1) is 0 Å². The van der Waals surface area contributed by atoms with E-state index in [1.807, 2.05) is 30.3 Å². The lowest BCUT2D eigenvalue weighted by atomic mass is 9.83. The molecule has 1 aromatic carbocycles. The summed E-state index contributed by atoms with van der Waals surface area (Å²) >= 11 is 0. The molecule has 0 spiro atoms. The molecule has 0 aromatic heterocycles. The molecule has 1 aliphatic rings. The van der Waals surface area contributed by atoms with E-state index in [0.29, 0.717) is 6.04 Å². The van der Waals surface area contributed by atoms with Crippen LogP contribution in [-0.4, -0.2) is 19.1 Å². The Bertz CT molecular complexity index is 424. The molecule has 2 rings (SSSR count). The molecule has 1 atom stereocenters. The quantitative estimate of drug-likeness (QED) is 0.808. The summed E-state index contributed by atoms with van der Waals surface area (Å²) in [6.45, 7) is 2.26. The van der Waals surface area contributed by atoms with E-state index in [-0.39, 0.29) is 12.0 Å². The molecule has 116 valence electrons. The molecule has 0 bridgehead atoms. The highest BCUT2D eigenvalue weighted by atomic mass is 16.5. The average Bonchev–Trinajstić information content (AvgIpc) is 2.54. The topological polar surface area (TPSA) is 38.3 Å². The number of carbonyl (C=O) groups excluding carboxylic acids is 1. The Morgan fingerprint density at radius 2 is 1.90 bits per heavy atom. The first-order chi connectivity index (χ1) is 10.2. The Hall–Kier alpha value is -1.35. The first-order valence-corrected chi connectivity index (χ1v) is 8.13. The molecule has 1 fully saturated rings. The van der Waals surface area contributed by atoms with Crippen LogP contribution in [0.5, 0.6) is 0 Å². The molecular weight excluding hydrogens is 262 g/mol. The summed E-state index contributed by atoms with van der Waals surface area (Å²) in [5.74, 6) is 0.679. The van der Waals surface area contributed by atoms with Crippen LogP contribution in [-0.2, 0) is 9.53 Å². The number of esters is 1. The molecular formula is C18H27NO2. The minimum atomic E-state index is -0.344. The predicted molar refractivity (Wildman–Crippen MR) is 85.0 cm³/mol. The number of carbonyl (C=O) groups is 1. The lowest BCUT2D eigenvalue weighted by Gasteiger charge is -2.31. The molecule has 1 unspecified atom stereocenters. The van der Waals surface area contributed by atoms with E-state index in [1.54, 1.807) is 0 Å². The monoisotopic (exact) mass is 289 g/mol. The van der Waals surface area contributed by atoms with Gasteiger partial charge in [0, 0.05) is 6.04 Å². The molecule has 1 N–H and O–H groups in total. The molecule has 3 nitrogen and oxygen atoms in total. The number of ether oxygens (including phenoxy) is 1. The molecule has 0 aliphatic heterocycles. The number of methoxy groups -OCH3 is 1. The molecule has 1 saturated carbocycles. The average molecular weight is 289 g/mol. The highest BCUT2D eigenvalue weighted by molar-refractivity contribution is 5.77. The number of nitrogens with one attached hydrogen (secondary N) is 1. The summed E-state index contributed by atoms with van der Waals surface area (Å²) in [6.07, 6.45) is 7.47. The highest BCUT2D eigenvalue weighted by Crippen LogP contribution is 2.29. The number of hydrogen-bond donors (Lipinski definition) is 1. The van der Waals surface area contributed by atoms with Crippen LogP contribution in [0, 0.1) is 5.92 Å². The van der Waals surface area contributed by atoms with Crippen molar-refractivity contribution in [3.8, 4) is 0 Å². The zero-order valence-corrected chi connectivity index (χ0v) is 13.2. The number of benzene rings is 1. The van der Waals surface area contributed by atoms with Crippen molar-refractivity contribution in [2.24, 2.45) is 5.92 Å². The fraction of sp³-hybridized carbons (Fsp3) is 0.611. The third-order valence-electron chi connectivity index (χ3n) is 4.52. The SMILES string of the molecule is CCCC1CCC(NC(C(=O)OC)c2ccccc2)CC1. The lowest BCUT2D eigenvalue weighted by Crippen LogP contribution is -2.39. The van der Waals surface area contributed by atoms with Crippen molar-refractivity contribution in [2.45, 2.75) is 57.5 Å². The van der Waals surface area contributed by atoms with Gasteiger partial charge in [-0.1, -0.05) is 50.1 Å². The van der Waals surface area contributed by atoms with E-state index in [9.17, 15) is 4.79 Å². The van der Waals surface area contributed by atoms with Crippen LogP contribution in [0.3, 0.4) is 0 Å². The van der Waals surface area contributed by atoms with Gasteiger partial charge in [-0.2, -0.15) is 0 Å². The van der Waals surface area contributed by atoms with E-state index >= 15 is 0 Å². The van der Waals surface area contributed by atoms with Gasteiger partial charge in [0.1, 0.15) is 6.04 Å². The second-order valence-corrected chi connectivity index (χ2v) is 6.04. The van der Waals surface area contributed by atoms with Crippen LogP contribution in [0.25, 0.3) is 0 Å². The third-order valence-corrected chi connectivity index (χ3v) is 4.52. The van der Waals surface area contributed by atoms with Gasteiger partial charge < -0.3 is 4.74 Å². The summed E-state index contributed by atoms with van der Waals surface area (Å²) < 4.78 is 4.97. The Kier molecular flexibility index (Phi) is 6.24. The highest BCUT2D eigenvalue weighted by Gasteiger charge is 2.27. The molecule has 0 amide bonds. The zero-order valence-electron chi connectivity index (χ0n) is 13.2. The summed E-state index contributed by atoms with van der Waals surface area (Å²) in [7, 11) is 1.46. The minimum Gasteiger partial charge on any atom is -0.468 e. The van der Waals surface area contributed by atoms with Crippen LogP contribution in [0.1, 0.15) is 57.1 Å². The van der Waals surface area contributed by atoms with Gasteiger partial charge in [-0.25, -0.2) is 4.79 Å². The minimum absolute atomic E-state index is 0.197. The van der Waals surface area contributed by atoms with Gasteiger partial charge in [0.25, 0.3) is 0 Å². The van der Waals surface area contributed by atoms with E-state index in [4.69, 9.17) is 4.74 Å². The first-order valence-electron chi connectivity index (χ1n) is 8.13. The van der Waals surface area contributed by atoms with Crippen molar-refractivity contribution in [1.29, 1.82) is 0 Å². The van der Waals surface area contributed by atoms with Crippen LogP contribution in [0.4, 0.5) is 0 Å². The molecule has 1 aliphatic carbocycles. The maximum absolute atomic E-state index is 12.1. The van der Waals surface area contributed by atoms with E-state index < -0.39 is 0 Å². The lowest BCUT2D eigenvalue weighted by molar-refractivity contribution is -0.143. The Morgan fingerprint density at radius 1 is 1.24 bits per heavy atom. The van der Waals surface area contributed by atoms with E-state index in [0.717, 1.165) is 24.3 Å². The maximum atomic E-state index is 12.1. The van der Waals surface area contributed by atoms with Gasteiger partial charge in [-0.05, 0) is 37.2 Å². The first kappa shape index (κ1) is 16.0. The van der Waals surface area contributed by atoms with Crippen molar-refractivity contribution >= 4 is 5.97 Å². The molecule has 21 heavy (non-hydrogen) atoms. The standard InChI is InChI=1S/C18H27NO2/c1-3-7-14-10-12-16(13-11-14)19-17(18(20)21-2)15-8-5-4-6-9-15/h4-6,8-9,14,16-17,19H,3,7,10-13H2,1-2H3. The maximum Gasteiger partial charge on any atom is 0.327 e. The normalized spacial score (nSPS) is 23.5. The van der Waals surface area contributed by atoms with Crippen molar-refractivity contribution in [3.05, 3.63) is 35.9 Å². The van der Waals surface area contributed by atoms with Gasteiger partial charge in [0.2, 0.25) is 0 Å². The van der Waals surface area contributed by atoms with Gasteiger partial charge in [-0.3, -0.25) is 5.32 Å². The van der Waals surface area contributed by atoms with Crippen LogP contribution in [0.2, 0.25) is 0 Å². The van der Waals surface area contributed by atoms with Crippen molar-refractivity contribution in [3.63, 3.8) is 0 Å². The van der Waals surface area contributed by atoms with Gasteiger partial charge in [0.05, 0.1) is 7.11 Å². The molecule has 0 saturated heterocycles. The largest absolute Gasteiger partial charge is 0.468 e. The second-order valence-electron chi connectivity index (χ2n) is 6.04. The molecule has 0 heterocycles. The van der Waals surface area contributed by atoms with Crippen LogP contribution in [0.15, 0.2) is 30.3 Å². The van der Waals surface area contributed by atoms with Crippen LogP contribution >= 0.6 is 0 Å². The summed E-state index contributed by atoms with van der Waals surface area (Å²) in [4.78, 5) is 12.1. The van der Waals surface area contributed by atoms with Crippen molar-refractivity contribution in [2.75, 3.05) is 7.11 Å². The third kappa shape index (κ3) is 4.57. The van der Waals surface area contributed by atoms with Gasteiger partial charge in [0.15, 0.2) is 0 Å². The second kappa shape index (κ2) is 8.18. The number of rotatable bonds is 6. The molecule has 1 aromatic rings. The summed E-state index contributed by atoms with van der Waals surface area (Å²) in [6, 6.07) is 9.94. The number of hydrogen-bond acceptors (Lipinski definition) is 3. The fourth-order valence-electron chi connectivity index (χ4n) is 3.33. The Balaban J connectivity index is 1.96. The van der Waals surface area contributed by atoms with Crippen molar-refractivity contribution in [1.82, 2.24) is 5.32 Å². The molecule has 3 heteroatoms. The van der Waals surface area contributed by atoms with E-state index in [1.165, 1.54) is 32.8 Å². The van der Waals surface area contributed by atoms with Crippen LogP contribution < -0.4 is 5.32 Å². The van der Waals surface area contributed by atoms with Crippen molar-refractivity contribution < 1.29 is 9.53 Å². The van der Waals surface area contributed by atoms with E-state index in [2.05, 4.69) is 12.2 Å².